The van der Waals surface area contributed by atoms with Crippen LogP contribution in [0.5, 0.6) is 0 Å². The van der Waals surface area contributed by atoms with Crippen molar-refractivity contribution >= 4 is 0 Å². The molecule has 5 aliphatic heterocycles. The Morgan fingerprint density at radius 1 is 0.236 bits per heavy atom. The normalized spacial score (nSPS) is 42.5. The number of hydrogen-bond acceptors (Lipinski definition) is 12. The van der Waals surface area contributed by atoms with Crippen LogP contribution in [-0.2, 0) is 18.9 Å². The van der Waals surface area contributed by atoms with Crippen LogP contribution in [0.3, 0.4) is 0 Å². The average molecular weight is 1010 g/mol. The Kier molecular flexibility index (Phi) is 18.6. The molecule has 12 atom stereocenters. The highest BCUT2D eigenvalue weighted by Crippen LogP contribution is 2.49. The van der Waals surface area contributed by atoms with Gasteiger partial charge in [-0.3, -0.25) is 42.5 Å². The lowest BCUT2D eigenvalue weighted by Crippen LogP contribution is -2.62. The standard InChI is InChI=1S/C60H112N8O4/c1-29(2)49(30(3)4)69-41-25-17-21-37-45(41)57-61-53(37)66-58-47-39(23-19-27-43(47)71-51(33(9)10)34(11)12)55(63-58)68-60-48-40(24-20-28-44(48)72-52(35(13)14)36(15)16)56(64-60)67-59-46-38(54(62-59)65-57)22-18-26-42(46)70-50(31(5)6)32(7)8/h29-68H,17-28H2,1-16H3. The molecule has 4 saturated carbocycles. The molecular weight excluding hydrogens is 897 g/mol. The van der Waals surface area contributed by atoms with E-state index in [4.69, 9.17) is 18.9 Å². The molecule has 72 heavy (non-hydrogen) atoms. The van der Waals surface area contributed by atoms with Gasteiger partial charge in [0.25, 0.3) is 0 Å². The Bertz CT molecular complexity index is 1430. The van der Waals surface area contributed by atoms with Gasteiger partial charge in [0.05, 0.1) is 98.2 Å². The van der Waals surface area contributed by atoms with Crippen molar-refractivity contribution in [2.75, 3.05) is 0 Å². The maximum atomic E-state index is 7.46. The Morgan fingerprint density at radius 2 is 0.403 bits per heavy atom. The van der Waals surface area contributed by atoms with Crippen LogP contribution in [0.15, 0.2) is 0 Å². The summed E-state index contributed by atoms with van der Waals surface area (Å²) in [6.45, 7) is 37.8. The fourth-order valence-electron chi connectivity index (χ4n) is 17.9. The first-order valence-electron chi connectivity index (χ1n) is 31.0. The number of nitrogens with one attached hydrogen (secondary N) is 8. The monoisotopic (exact) mass is 1010 g/mol. The van der Waals surface area contributed by atoms with Gasteiger partial charge in [-0.1, -0.05) is 136 Å². The summed E-state index contributed by atoms with van der Waals surface area (Å²) in [5.41, 5.74) is 0. The summed E-state index contributed by atoms with van der Waals surface area (Å²) in [6, 6.07) is 0. The SMILES string of the molecule is CC(C)C(OC1CCCC2C3NC(NC4NC(NC5NC(NC6NC(N3)C3C(OC(C(C)C)C(C)C)CCCC63)C3C(OC(C(C)C)C(C)C)CCCC53)C3C(OC(C(C)C)C(C)C)CCCC43)C12)C(C)C. The number of fused-ring (bicyclic) bond motifs is 20. The van der Waals surface area contributed by atoms with Crippen molar-refractivity contribution in [3.05, 3.63) is 0 Å². The van der Waals surface area contributed by atoms with E-state index >= 15 is 0 Å². The molecule has 9 fully saturated rings. The summed E-state index contributed by atoms with van der Waals surface area (Å²) in [5, 5.41) is 35.4. The van der Waals surface area contributed by atoms with E-state index < -0.39 is 0 Å². The van der Waals surface area contributed by atoms with E-state index in [2.05, 4.69) is 153 Å². The van der Waals surface area contributed by atoms with Crippen molar-refractivity contribution in [2.45, 2.75) is 286 Å². The highest BCUT2D eigenvalue weighted by molar-refractivity contribution is 5.12. The average Bonchev–Trinajstić information content (AvgIpc) is 4.06. The Morgan fingerprint density at radius 3 is 0.556 bits per heavy atom. The van der Waals surface area contributed by atoms with E-state index in [9.17, 15) is 0 Å². The minimum absolute atomic E-state index is 0.100. The van der Waals surface area contributed by atoms with E-state index in [1.807, 2.05) is 0 Å². The fourth-order valence-corrected chi connectivity index (χ4v) is 17.9. The van der Waals surface area contributed by atoms with E-state index in [1.165, 1.54) is 51.4 Å². The van der Waals surface area contributed by atoms with Crippen LogP contribution in [0.1, 0.15) is 188 Å². The molecule has 0 aromatic carbocycles. The minimum Gasteiger partial charge on any atom is -0.374 e. The van der Waals surface area contributed by atoms with Crippen LogP contribution in [-0.4, -0.2) is 98.2 Å². The van der Waals surface area contributed by atoms with Gasteiger partial charge in [-0.25, -0.2) is 0 Å². The minimum atomic E-state index is 0.100. The second-order valence-corrected chi connectivity index (χ2v) is 28.4. The van der Waals surface area contributed by atoms with Crippen LogP contribution in [0.25, 0.3) is 0 Å². The molecule has 8 bridgehead atoms. The van der Waals surface area contributed by atoms with Crippen molar-refractivity contribution in [1.82, 2.24) is 42.5 Å². The van der Waals surface area contributed by atoms with E-state index in [0.29, 0.717) is 94.7 Å². The lowest BCUT2D eigenvalue weighted by atomic mass is 9.74. The predicted octanol–water partition coefficient (Wildman–Crippen LogP) is 9.31. The largest absolute Gasteiger partial charge is 0.374 e. The third-order valence-corrected chi connectivity index (χ3v) is 20.5. The highest BCUT2D eigenvalue weighted by Gasteiger charge is 2.59. The van der Waals surface area contributed by atoms with Gasteiger partial charge in [0.1, 0.15) is 0 Å². The fraction of sp³-hybridized carbons (Fsp3) is 1.00. The summed E-state index contributed by atoms with van der Waals surface area (Å²) in [7, 11) is 0. The first kappa shape index (κ1) is 56.2. The maximum Gasteiger partial charge on any atom is 0.0653 e. The molecule has 5 saturated heterocycles. The van der Waals surface area contributed by atoms with Gasteiger partial charge < -0.3 is 18.9 Å². The molecular formula is C60H112N8O4. The number of ether oxygens (including phenoxy) is 4. The van der Waals surface area contributed by atoms with Gasteiger partial charge in [0.2, 0.25) is 0 Å². The van der Waals surface area contributed by atoms with Gasteiger partial charge in [-0.15, -0.1) is 0 Å². The summed E-state index contributed by atoms with van der Waals surface area (Å²) < 4.78 is 29.9. The molecule has 12 nitrogen and oxygen atoms in total. The van der Waals surface area contributed by atoms with E-state index in [1.54, 1.807) is 0 Å². The summed E-state index contributed by atoms with van der Waals surface area (Å²) >= 11 is 0. The zero-order valence-corrected chi connectivity index (χ0v) is 48.6. The molecule has 416 valence electrons. The molecule has 0 aromatic rings. The van der Waals surface area contributed by atoms with Gasteiger partial charge in [-0.2, -0.15) is 0 Å². The van der Waals surface area contributed by atoms with Crippen molar-refractivity contribution in [1.29, 1.82) is 0 Å². The molecule has 0 amide bonds. The van der Waals surface area contributed by atoms with Crippen molar-refractivity contribution in [2.24, 2.45) is 94.7 Å². The van der Waals surface area contributed by atoms with Crippen molar-refractivity contribution < 1.29 is 18.9 Å². The predicted molar refractivity (Wildman–Crippen MR) is 292 cm³/mol. The lowest BCUT2D eigenvalue weighted by Gasteiger charge is -2.43. The van der Waals surface area contributed by atoms with Crippen LogP contribution >= 0.6 is 0 Å². The zero-order chi connectivity index (χ0) is 51.4. The molecule has 0 aromatic heterocycles. The van der Waals surface area contributed by atoms with E-state index in [0.717, 1.165) is 25.7 Å². The molecule has 5 heterocycles. The molecule has 9 rings (SSSR count). The first-order chi connectivity index (χ1) is 34.3. The van der Waals surface area contributed by atoms with Gasteiger partial charge in [-0.05, 0) is 122 Å². The third-order valence-electron chi connectivity index (χ3n) is 20.5. The maximum absolute atomic E-state index is 7.46. The Labute approximate surface area is 440 Å². The Hall–Kier alpha value is -0.480. The summed E-state index contributed by atoms with van der Waals surface area (Å²) in [4.78, 5) is 0. The summed E-state index contributed by atoms with van der Waals surface area (Å²) in [5.74, 6) is 6.84. The zero-order valence-electron chi connectivity index (χ0n) is 48.6. The van der Waals surface area contributed by atoms with E-state index in [-0.39, 0.29) is 98.2 Å². The molecule has 12 heteroatoms. The van der Waals surface area contributed by atoms with Gasteiger partial charge in [0.15, 0.2) is 0 Å². The smallest absolute Gasteiger partial charge is 0.0653 e. The van der Waals surface area contributed by atoms with Crippen LogP contribution < -0.4 is 42.5 Å². The van der Waals surface area contributed by atoms with Crippen LogP contribution in [0, 0.1) is 94.7 Å². The molecule has 9 aliphatic rings. The molecule has 8 N–H and O–H groups in total. The molecule has 0 spiro atoms. The second kappa shape index (κ2) is 23.9. The summed E-state index contributed by atoms with van der Waals surface area (Å²) in [6.07, 6.45) is 16.7. The Balaban J connectivity index is 1.12. The van der Waals surface area contributed by atoms with Gasteiger partial charge in [0, 0.05) is 23.7 Å². The third kappa shape index (κ3) is 11.6. The first-order valence-corrected chi connectivity index (χ1v) is 31.0. The van der Waals surface area contributed by atoms with Crippen molar-refractivity contribution in [3.8, 4) is 0 Å². The molecule has 12 unspecified atom stereocenters. The van der Waals surface area contributed by atoms with Crippen LogP contribution in [0.2, 0.25) is 0 Å². The van der Waals surface area contributed by atoms with Crippen LogP contribution in [0.4, 0.5) is 0 Å². The quantitative estimate of drug-likeness (QED) is 0.0750. The molecule has 0 radical (unpaired) electrons. The van der Waals surface area contributed by atoms with Crippen molar-refractivity contribution in [3.63, 3.8) is 0 Å². The second-order valence-electron chi connectivity index (χ2n) is 28.4. The van der Waals surface area contributed by atoms with Gasteiger partial charge >= 0.3 is 0 Å². The number of rotatable bonds is 16. The topological polar surface area (TPSA) is 133 Å². The lowest BCUT2D eigenvalue weighted by molar-refractivity contribution is -0.116. The molecule has 4 aliphatic carbocycles. The highest BCUT2D eigenvalue weighted by atomic mass is 16.5. The number of hydrogen-bond donors (Lipinski definition) is 8.